The van der Waals surface area contributed by atoms with E-state index in [1.165, 1.54) is 55.6 Å². The summed E-state index contributed by atoms with van der Waals surface area (Å²) in [6.07, 6.45) is 0. The third kappa shape index (κ3) is 4.15. The van der Waals surface area contributed by atoms with E-state index in [1.807, 2.05) is 0 Å². The van der Waals surface area contributed by atoms with Crippen LogP contribution >= 0.6 is 0 Å². The van der Waals surface area contributed by atoms with E-state index in [0.29, 0.717) is 0 Å². The third-order valence-electron chi connectivity index (χ3n) is 5.62. The summed E-state index contributed by atoms with van der Waals surface area (Å²) < 4.78 is 0. The van der Waals surface area contributed by atoms with Crippen LogP contribution in [-0.4, -0.2) is 0 Å². The van der Waals surface area contributed by atoms with Gasteiger partial charge in [0.1, 0.15) is 0 Å². The third-order valence-corrected chi connectivity index (χ3v) is 5.62. The second-order valence-corrected chi connectivity index (χ2v) is 6.25. The van der Waals surface area contributed by atoms with E-state index in [4.69, 9.17) is 0 Å². The van der Waals surface area contributed by atoms with Gasteiger partial charge in [-0.05, 0) is 0 Å². The van der Waals surface area contributed by atoms with Gasteiger partial charge in [0.25, 0.3) is 0 Å². The van der Waals surface area contributed by atoms with Crippen LogP contribution in [0.5, 0.6) is 0 Å². The molecule has 2 aromatic carbocycles. The van der Waals surface area contributed by atoms with E-state index >= 15 is 0 Å². The van der Waals surface area contributed by atoms with E-state index in [0.717, 1.165) is 0 Å². The fraction of sp³-hybridized carbons (Fsp3) is 0.500. The van der Waals surface area contributed by atoms with Crippen LogP contribution in [0.4, 0.5) is 0 Å². The van der Waals surface area contributed by atoms with Crippen LogP contribution in [0.25, 0.3) is 0 Å². The predicted molar refractivity (Wildman–Crippen MR) is 91.4 cm³/mol. The fourth-order valence-corrected chi connectivity index (χ4v) is 2.81. The average Bonchev–Trinajstić information content (AvgIpc) is 2.71. The molecule has 0 unspecified atom stereocenters. The van der Waals surface area contributed by atoms with Gasteiger partial charge in [0.05, 0.1) is 0 Å². The van der Waals surface area contributed by atoms with Gasteiger partial charge in [-0.3, -0.25) is 0 Å². The Bertz CT molecular complexity index is 404. The molecule has 0 amide bonds. The normalized spacial score (nSPS) is 10.0. The van der Waals surface area contributed by atoms with Crippen molar-refractivity contribution in [2.24, 2.45) is 0 Å². The Kier molecular flexibility index (Phi) is 8.26. The minimum atomic E-state index is 0. The Hall–Kier alpha value is 0.219. The standard InChI is InChI=1S/2C10H15.Yb/c2*1-6-7(2)9(4)10(5)8(6)3;/h2*1-5H3;/q2*-1;. The molecule has 126 valence electrons. The SMILES string of the molecule is Cc1c(C)c(C)[c-](C)c1C.Cc1c(C)c(C)[c-](C)c1C.[Yb]. The van der Waals surface area contributed by atoms with Gasteiger partial charge in [-0.2, -0.15) is 55.6 Å². The van der Waals surface area contributed by atoms with Crippen molar-refractivity contribution in [1.82, 2.24) is 0 Å². The Balaban J connectivity index is 0.000000364. The number of rotatable bonds is 0. The zero-order chi connectivity index (χ0) is 15.8. The quantitative estimate of drug-likeness (QED) is 0.445. The molecular formula is C20H30Yb-2. The molecule has 0 aromatic heterocycles. The van der Waals surface area contributed by atoms with Gasteiger partial charge in [-0.1, -0.05) is 69.2 Å². The van der Waals surface area contributed by atoms with Gasteiger partial charge in [0.15, 0.2) is 0 Å². The van der Waals surface area contributed by atoms with E-state index in [9.17, 15) is 0 Å². The van der Waals surface area contributed by atoms with E-state index in [1.54, 1.807) is 0 Å². The van der Waals surface area contributed by atoms with Crippen LogP contribution in [0.1, 0.15) is 55.6 Å². The van der Waals surface area contributed by atoms with Crippen LogP contribution in [0.2, 0.25) is 0 Å². The molecule has 0 saturated carbocycles. The first kappa shape index (κ1) is 21.2. The molecule has 1 heteroatoms. The molecule has 0 radical (unpaired) electrons. The summed E-state index contributed by atoms with van der Waals surface area (Å²) in [5, 5.41) is 0. The van der Waals surface area contributed by atoms with Crippen LogP contribution in [-0.2, 0) is 0 Å². The monoisotopic (exact) mass is 444 g/mol. The summed E-state index contributed by atoms with van der Waals surface area (Å²) in [6, 6.07) is 0. The second kappa shape index (κ2) is 8.18. The smallest absolute Gasteiger partial charge is 0 e. The number of hydrogen-bond donors (Lipinski definition) is 0. The molecule has 0 saturated heterocycles. The van der Waals surface area contributed by atoms with Crippen molar-refractivity contribution < 1.29 is 46.9 Å². The maximum Gasteiger partial charge on any atom is 0 e. The Morgan fingerprint density at radius 3 is 0.619 bits per heavy atom. The Morgan fingerprint density at radius 1 is 0.429 bits per heavy atom. The molecule has 0 atom stereocenters. The zero-order valence-corrected chi connectivity index (χ0v) is 17.0. The molecule has 0 aliphatic heterocycles. The van der Waals surface area contributed by atoms with Crippen molar-refractivity contribution in [2.75, 3.05) is 0 Å². The fourth-order valence-electron chi connectivity index (χ4n) is 2.81. The Labute approximate surface area is 170 Å². The minimum absolute atomic E-state index is 0. The first-order valence-corrected chi connectivity index (χ1v) is 7.50. The minimum Gasteiger partial charge on any atom is -0.196 e. The molecule has 0 spiro atoms. The molecule has 0 nitrogen and oxygen atoms in total. The average molecular weight is 444 g/mol. The summed E-state index contributed by atoms with van der Waals surface area (Å²) in [7, 11) is 0. The van der Waals surface area contributed by atoms with Crippen LogP contribution in [0, 0.1) is 116 Å². The first-order valence-electron chi connectivity index (χ1n) is 7.50. The van der Waals surface area contributed by atoms with Gasteiger partial charge in [0.2, 0.25) is 0 Å². The summed E-state index contributed by atoms with van der Waals surface area (Å²) in [5.41, 5.74) is 14.7. The van der Waals surface area contributed by atoms with E-state index < -0.39 is 0 Å². The number of hydrogen-bond acceptors (Lipinski definition) is 0. The molecule has 0 bridgehead atoms. The van der Waals surface area contributed by atoms with Crippen molar-refractivity contribution in [3.05, 3.63) is 55.6 Å². The van der Waals surface area contributed by atoms with Crippen LogP contribution in [0.3, 0.4) is 0 Å². The van der Waals surface area contributed by atoms with E-state index in [-0.39, 0.29) is 46.9 Å². The Morgan fingerprint density at radius 2 is 0.571 bits per heavy atom. The molecule has 0 N–H and O–H groups in total. The van der Waals surface area contributed by atoms with Crippen molar-refractivity contribution in [3.63, 3.8) is 0 Å². The van der Waals surface area contributed by atoms with Gasteiger partial charge < -0.3 is 0 Å². The van der Waals surface area contributed by atoms with Crippen LogP contribution in [0.15, 0.2) is 0 Å². The summed E-state index contributed by atoms with van der Waals surface area (Å²) in [6.45, 7) is 22.0. The van der Waals surface area contributed by atoms with Gasteiger partial charge in [0, 0.05) is 46.9 Å². The molecular weight excluding hydrogens is 413 g/mol. The summed E-state index contributed by atoms with van der Waals surface area (Å²) in [5.74, 6) is 0. The first-order chi connectivity index (χ1) is 9.11. The van der Waals surface area contributed by atoms with Gasteiger partial charge in [-0.25, -0.2) is 0 Å². The van der Waals surface area contributed by atoms with Crippen molar-refractivity contribution in [3.8, 4) is 0 Å². The van der Waals surface area contributed by atoms with Crippen LogP contribution < -0.4 is 0 Å². The molecule has 0 aliphatic rings. The summed E-state index contributed by atoms with van der Waals surface area (Å²) in [4.78, 5) is 0. The summed E-state index contributed by atoms with van der Waals surface area (Å²) >= 11 is 0. The maximum atomic E-state index is 2.20. The van der Waals surface area contributed by atoms with Crippen molar-refractivity contribution in [2.45, 2.75) is 69.2 Å². The topological polar surface area (TPSA) is 0 Å². The predicted octanol–water partition coefficient (Wildman–Crippen LogP) is 5.90. The molecule has 21 heavy (non-hydrogen) atoms. The second-order valence-electron chi connectivity index (χ2n) is 6.25. The largest absolute Gasteiger partial charge is 0.196 e. The maximum absolute atomic E-state index is 2.20. The van der Waals surface area contributed by atoms with Crippen molar-refractivity contribution in [1.29, 1.82) is 0 Å². The molecule has 0 aliphatic carbocycles. The zero-order valence-electron chi connectivity index (χ0n) is 15.3. The molecule has 2 rings (SSSR count). The van der Waals surface area contributed by atoms with Gasteiger partial charge >= 0.3 is 0 Å². The molecule has 0 heterocycles. The molecule has 2 aromatic rings. The molecule has 0 fully saturated rings. The van der Waals surface area contributed by atoms with E-state index in [2.05, 4.69) is 69.2 Å². The van der Waals surface area contributed by atoms with Gasteiger partial charge in [-0.15, -0.1) is 0 Å². The van der Waals surface area contributed by atoms with Crippen molar-refractivity contribution >= 4 is 0 Å².